The van der Waals surface area contributed by atoms with Crippen LogP contribution >= 0.6 is 0 Å². The topological polar surface area (TPSA) is 87.3 Å². The molecule has 0 saturated carbocycles. The van der Waals surface area contributed by atoms with Gasteiger partial charge in [0.25, 0.3) is 0 Å². The quantitative estimate of drug-likeness (QED) is 0.536. The number of amides is 3. The van der Waals surface area contributed by atoms with Gasteiger partial charge in [-0.25, -0.2) is 8.78 Å². The van der Waals surface area contributed by atoms with Crippen molar-refractivity contribution in [3.63, 3.8) is 0 Å². The van der Waals surface area contributed by atoms with Gasteiger partial charge >= 0.3 is 0 Å². The fraction of sp³-hybridized carbons (Fsp3) is 0.261. The molecule has 2 rings (SSSR count). The largest absolute Gasteiger partial charge is 0.350 e. The summed E-state index contributed by atoms with van der Waals surface area (Å²) in [6.45, 7) is 7.20. The zero-order chi connectivity index (χ0) is 23.0. The molecule has 31 heavy (non-hydrogen) atoms. The average molecular weight is 429 g/mol. The third-order valence-electron chi connectivity index (χ3n) is 4.30. The number of nitrogens with one attached hydrogen (secondary N) is 3. The lowest BCUT2D eigenvalue weighted by molar-refractivity contribution is -0.131. The predicted molar refractivity (Wildman–Crippen MR) is 113 cm³/mol. The highest BCUT2D eigenvalue weighted by atomic mass is 19.1. The zero-order valence-corrected chi connectivity index (χ0v) is 17.4. The minimum Gasteiger partial charge on any atom is -0.350 e. The van der Waals surface area contributed by atoms with Crippen LogP contribution in [-0.4, -0.2) is 30.3 Å². The van der Waals surface area contributed by atoms with E-state index >= 15 is 0 Å². The van der Waals surface area contributed by atoms with Gasteiger partial charge in [-0.3, -0.25) is 14.4 Å². The van der Waals surface area contributed by atoms with E-state index in [1.807, 2.05) is 0 Å². The van der Waals surface area contributed by atoms with Crippen molar-refractivity contribution in [1.29, 1.82) is 0 Å². The van der Waals surface area contributed by atoms with Crippen molar-refractivity contribution in [2.45, 2.75) is 32.4 Å². The van der Waals surface area contributed by atoms with Crippen LogP contribution in [0.25, 0.3) is 0 Å². The predicted octanol–water partition coefficient (Wildman–Crippen LogP) is 2.56. The molecule has 0 aliphatic rings. The van der Waals surface area contributed by atoms with Gasteiger partial charge in [-0.15, -0.1) is 0 Å². The Hall–Kier alpha value is -3.55. The van der Waals surface area contributed by atoms with E-state index in [9.17, 15) is 23.2 Å². The van der Waals surface area contributed by atoms with Gasteiger partial charge in [0, 0.05) is 12.6 Å². The molecule has 8 heteroatoms. The summed E-state index contributed by atoms with van der Waals surface area (Å²) in [5.74, 6) is -3.18. The summed E-state index contributed by atoms with van der Waals surface area (Å²) in [6.07, 6.45) is -0.298. The SMILES string of the molecule is C=C(C)CNC(=O)C(NC(=O)[C@H](C)NC(=O)Cc1cc(F)cc(F)c1)c1ccccc1. The van der Waals surface area contributed by atoms with E-state index in [4.69, 9.17) is 0 Å². The van der Waals surface area contributed by atoms with Crippen LogP contribution in [0.3, 0.4) is 0 Å². The number of hydrogen-bond acceptors (Lipinski definition) is 3. The first-order chi connectivity index (χ1) is 14.7. The fourth-order valence-electron chi connectivity index (χ4n) is 2.81. The van der Waals surface area contributed by atoms with Crippen LogP contribution < -0.4 is 16.0 Å². The highest BCUT2D eigenvalue weighted by Gasteiger charge is 2.25. The molecular formula is C23H25F2N3O3. The summed E-state index contributed by atoms with van der Waals surface area (Å²) in [7, 11) is 0. The molecule has 0 aliphatic carbocycles. The lowest BCUT2D eigenvalue weighted by Crippen LogP contribution is -2.49. The van der Waals surface area contributed by atoms with Crippen molar-refractivity contribution in [2.75, 3.05) is 6.54 Å². The van der Waals surface area contributed by atoms with Gasteiger partial charge in [0.05, 0.1) is 6.42 Å². The van der Waals surface area contributed by atoms with Crippen molar-refractivity contribution in [1.82, 2.24) is 16.0 Å². The Morgan fingerprint density at radius 3 is 2.16 bits per heavy atom. The van der Waals surface area contributed by atoms with Gasteiger partial charge in [0.2, 0.25) is 17.7 Å². The van der Waals surface area contributed by atoms with Crippen LogP contribution in [-0.2, 0) is 20.8 Å². The van der Waals surface area contributed by atoms with Gasteiger partial charge in [-0.1, -0.05) is 42.5 Å². The summed E-state index contributed by atoms with van der Waals surface area (Å²) in [5, 5.41) is 7.80. The summed E-state index contributed by atoms with van der Waals surface area (Å²) < 4.78 is 26.6. The van der Waals surface area contributed by atoms with Crippen LogP contribution in [0.1, 0.15) is 31.0 Å². The van der Waals surface area contributed by atoms with Crippen LogP contribution in [0, 0.1) is 11.6 Å². The third kappa shape index (κ3) is 7.65. The number of rotatable bonds is 9. The van der Waals surface area contributed by atoms with E-state index in [1.165, 1.54) is 6.92 Å². The highest BCUT2D eigenvalue weighted by Crippen LogP contribution is 2.13. The van der Waals surface area contributed by atoms with E-state index in [1.54, 1.807) is 37.3 Å². The average Bonchev–Trinajstić information content (AvgIpc) is 2.69. The molecule has 0 radical (unpaired) electrons. The molecule has 3 N–H and O–H groups in total. The van der Waals surface area contributed by atoms with Crippen LogP contribution in [0.2, 0.25) is 0 Å². The van der Waals surface area contributed by atoms with Crippen molar-refractivity contribution >= 4 is 17.7 Å². The van der Waals surface area contributed by atoms with Crippen LogP contribution in [0.15, 0.2) is 60.7 Å². The van der Waals surface area contributed by atoms with E-state index in [2.05, 4.69) is 22.5 Å². The van der Waals surface area contributed by atoms with Gasteiger partial charge in [-0.05, 0) is 37.1 Å². The highest BCUT2D eigenvalue weighted by molar-refractivity contribution is 5.92. The van der Waals surface area contributed by atoms with Crippen molar-refractivity contribution in [2.24, 2.45) is 0 Å². The van der Waals surface area contributed by atoms with E-state index in [-0.39, 0.29) is 18.5 Å². The minimum absolute atomic E-state index is 0.143. The zero-order valence-electron chi connectivity index (χ0n) is 17.4. The van der Waals surface area contributed by atoms with E-state index < -0.39 is 41.4 Å². The Kier molecular flexibility index (Phi) is 8.43. The second-order valence-electron chi connectivity index (χ2n) is 7.27. The Morgan fingerprint density at radius 1 is 0.968 bits per heavy atom. The first-order valence-corrected chi connectivity index (χ1v) is 9.67. The Morgan fingerprint density at radius 2 is 1.58 bits per heavy atom. The molecule has 0 saturated heterocycles. The Bertz CT molecular complexity index is 944. The normalized spacial score (nSPS) is 12.4. The molecule has 0 aliphatic heterocycles. The van der Waals surface area contributed by atoms with Crippen molar-refractivity contribution in [3.8, 4) is 0 Å². The van der Waals surface area contributed by atoms with E-state index in [0.717, 1.165) is 17.7 Å². The number of carbonyl (C=O) groups excluding carboxylic acids is 3. The maximum absolute atomic E-state index is 13.3. The molecule has 164 valence electrons. The molecule has 0 fully saturated rings. The Balaban J connectivity index is 2.03. The number of carbonyl (C=O) groups is 3. The summed E-state index contributed by atoms with van der Waals surface area (Å²) in [5.41, 5.74) is 1.47. The molecule has 0 heterocycles. The summed E-state index contributed by atoms with van der Waals surface area (Å²) in [6, 6.07) is 9.52. The van der Waals surface area contributed by atoms with Crippen LogP contribution in [0.4, 0.5) is 8.78 Å². The molecule has 1 unspecified atom stereocenters. The number of halogens is 2. The van der Waals surface area contributed by atoms with Gasteiger partial charge in [0.1, 0.15) is 23.7 Å². The lowest BCUT2D eigenvalue weighted by atomic mass is 10.1. The number of hydrogen-bond donors (Lipinski definition) is 3. The molecule has 0 spiro atoms. The molecular weight excluding hydrogens is 404 g/mol. The second kappa shape index (κ2) is 11.0. The maximum Gasteiger partial charge on any atom is 0.247 e. The fourth-order valence-corrected chi connectivity index (χ4v) is 2.81. The molecule has 0 bridgehead atoms. The first-order valence-electron chi connectivity index (χ1n) is 9.67. The standard InChI is InChI=1S/C23H25F2N3O3/c1-14(2)13-26-23(31)21(17-7-5-4-6-8-17)28-22(30)15(3)27-20(29)11-16-9-18(24)12-19(25)10-16/h4-10,12,15,21H,1,11,13H2,2-3H3,(H,26,31)(H,27,29)(H,28,30)/t15-,21?/m0/s1. The Labute approximate surface area is 179 Å². The van der Waals surface area contributed by atoms with Gasteiger partial charge < -0.3 is 16.0 Å². The molecule has 2 atom stereocenters. The van der Waals surface area contributed by atoms with Gasteiger partial charge in [-0.2, -0.15) is 0 Å². The molecule has 0 aromatic heterocycles. The number of benzene rings is 2. The monoisotopic (exact) mass is 429 g/mol. The summed E-state index contributed by atoms with van der Waals surface area (Å²) in [4.78, 5) is 37.4. The molecule has 6 nitrogen and oxygen atoms in total. The maximum atomic E-state index is 13.3. The van der Waals surface area contributed by atoms with Crippen LogP contribution in [0.5, 0.6) is 0 Å². The lowest BCUT2D eigenvalue weighted by Gasteiger charge is -2.22. The smallest absolute Gasteiger partial charge is 0.247 e. The minimum atomic E-state index is -0.981. The van der Waals surface area contributed by atoms with Crippen molar-refractivity contribution < 1.29 is 23.2 Å². The van der Waals surface area contributed by atoms with Gasteiger partial charge in [0.15, 0.2) is 0 Å². The first kappa shape index (κ1) is 23.7. The van der Waals surface area contributed by atoms with Crippen molar-refractivity contribution in [3.05, 3.63) is 83.4 Å². The second-order valence-corrected chi connectivity index (χ2v) is 7.27. The molecule has 2 aromatic rings. The van der Waals surface area contributed by atoms with E-state index in [0.29, 0.717) is 11.6 Å². The third-order valence-corrected chi connectivity index (χ3v) is 4.30. The summed E-state index contributed by atoms with van der Waals surface area (Å²) >= 11 is 0. The molecule has 3 amide bonds. The molecule has 2 aromatic carbocycles.